The fourth-order valence-corrected chi connectivity index (χ4v) is 0.761. The summed E-state index contributed by atoms with van der Waals surface area (Å²) in [7, 11) is 0. The molecular weight excluding hydrogens is 104 g/mol. The maximum absolute atomic E-state index is 10.4. The number of hydrogen-bond donors (Lipinski definition) is 1. The molecule has 0 spiro atoms. The first-order valence-electron chi connectivity index (χ1n) is 2.59. The summed E-state index contributed by atoms with van der Waals surface area (Å²) < 4.78 is 0. The molecule has 0 aliphatic heterocycles. The van der Waals surface area contributed by atoms with Crippen LogP contribution < -0.4 is 0 Å². The molecule has 0 unspecified atom stereocenters. The van der Waals surface area contributed by atoms with E-state index in [1.165, 1.54) is 6.08 Å². The van der Waals surface area contributed by atoms with Gasteiger partial charge in [-0.25, -0.2) is 0 Å². The molecule has 8 heavy (non-hydrogen) atoms. The summed E-state index contributed by atoms with van der Waals surface area (Å²) in [4.78, 5) is 10.4. The number of aliphatic hydroxyl groups excluding tert-OH is 1. The van der Waals surface area contributed by atoms with E-state index in [4.69, 9.17) is 5.11 Å². The summed E-state index contributed by atoms with van der Waals surface area (Å²) in [6.45, 7) is 1.76. The second-order valence-corrected chi connectivity index (χ2v) is 2.07. The summed E-state index contributed by atoms with van der Waals surface area (Å²) in [5, 5.41) is 8.88. The van der Waals surface area contributed by atoms with Gasteiger partial charge in [-0.3, -0.25) is 4.79 Å². The lowest BCUT2D eigenvalue weighted by molar-refractivity contribution is -0.114. The van der Waals surface area contributed by atoms with Gasteiger partial charge in [0.2, 0.25) is 0 Å². The van der Waals surface area contributed by atoms with E-state index in [0.717, 1.165) is 5.57 Å². The van der Waals surface area contributed by atoms with Crippen molar-refractivity contribution in [2.45, 2.75) is 19.4 Å². The highest BCUT2D eigenvalue weighted by atomic mass is 16.3. The molecule has 0 heterocycles. The van der Waals surface area contributed by atoms with Crippen molar-refractivity contribution in [3.63, 3.8) is 0 Å². The minimum atomic E-state index is -0.498. The van der Waals surface area contributed by atoms with Gasteiger partial charge in [-0.15, -0.1) is 0 Å². The Morgan fingerprint density at radius 1 is 1.88 bits per heavy atom. The Morgan fingerprint density at radius 3 is 2.62 bits per heavy atom. The fourth-order valence-electron chi connectivity index (χ4n) is 0.761. The molecule has 1 aliphatic carbocycles. The number of ketones is 1. The molecule has 2 heteroatoms. The molecule has 0 amide bonds. The number of rotatable bonds is 0. The van der Waals surface area contributed by atoms with Gasteiger partial charge in [-0.2, -0.15) is 0 Å². The van der Waals surface area contributed by atoms with Crippen LogP contribution in [0.3, 0.4) is 0 Å². The molecule has 0 saturated carbocycles. The van der Waals surface area contributed by atoms with Crippen LogP contribution in [0, 0.1) is 0 Å². The molecule has 0 aromatic rings. The Morgan fingerprint density at radius 2 is 2.50 bits per heavy atom. The zero-order chi connectivity index (χ0) is 6.15. The molecule has 0 fully saturated rings. The molecule has 2 nitrogen and oxygen atoms in total. The third kappa shape index (κ3) is 0.793. The highest BCUT2D eigenvalue weighted by molar-refractivity contribution is 5.93. The molecule has 0 saturated heterocycles. The molecule has 44 valence electrons. The predicted molar refractivity (Wildman–Crippen MR) is 29.4 cm³/mol. The number of hydrogen-bond acceptors (Lipinski definition) is 2. The Kier molecular flexibility index (Phi) is 1.18. The van der Waals surface area contributed by atoms with E-state index in [9.17, 15) is 4.79 Å². The van der Waals surface area contributed by atoms with Crippen LogP contribution in [0.15, 0.2) is 11.6 Å². The van der Waals surface area contributed by atoms with Gasteiger partial charge < -0.3 is 5.11 Å². The molecule has 1 N–H and O–H groups in total. The first-order valence-corrected chi connectivity index (χ1v) is 2.59. The molecule has 0 aromatic carbocycles. The largest absolute Gasteiger partial charge is 0.388 e. The molecule has 0 aromatic heterocycles. The first kappa shape index (κ1) is 5.51. The van der Waals surface area contributed by atoms with Crippen LogP contribution in [0.4, 0.5) is 0 Å². The third-order valence-electron chi connectivity index (χ3n) is 1.31. The fraction of sp³-hybridized carbons (Fsp3) is 0.500. The third-order valence-corrected chi connectivity index (χ3v) is 1.31. The van der Waals surface area contributed by atoms with Crippen molar-refractivity contribution in [3.8, 4) is 0 Å². The molecule has 1 aliphatic rings. The zero-order valence-corrected chi connectivity index (χ0v) is 4.72. The first-order chi connectivity index (χ1) is 3.70. The molecule has 1 rings (SSSR count). The average molecular weight is 112 g/mol. The molecule has 1 atom stereocenters. The van der Waals surface area contributed by atoms with Crippen molar-refractivity contribution in [2.24, 2.45) is 0 Å². The van der Waals surface area contributed by atoms with E-state index in [0.29, 0.717) is 0 Å². The molecular formula is C6H8O2. The second kappa shape index (κ2) is 1.71. The van der Waals surface area contributed by atoms with Crippen molar-refractivity contribution in [3.05, 3.63) is 11.6 Å². The number of aliphatic hydroxyl groups is 1. The van der Waals surface area contributed by atoms with Crippen molar-refractivity contribution in [1.82, 2.24) is 0 Å². The number of allylic oxidation sites excluding steroid dienone is 1. The van der Waals surface area contributed by atoms with E-state index >= 15 is 0 Å². The van der Waals surface area contributed by atoms with Crippen molar-refractivity contribution < 1.29 is 9.90 Å². The summed E-state index contributed by atoms with van der Waals surface area (Å²) >= 11 is 0. The number of carbonyl (C=O) groups is 1. The Hall–Kier alpha value is -0.630. The van der Waals surface area contributed by atoms with E-state index in [-0.39, 0.29) is 12.2 Å². The summed E-state index contributed by atoms with van der Waals surface area (Å²) in [6, 6.07) is 0. The topological polar surface area (TPSA) is 37.3 Å². The average Bonchev–Trinajstić information content (AvgIpc) is 1.85. The van der Waals surface area contributed by atoms with E-state index < -0.39 is 6.10 Å². The lowest BCUT2D eigenvalue weighted by Gasteiger charge is -1.97. The smallest absolute Gasteiger partial charge is 0.158 e. The maximum atomic E-state index is 10.4. The van der Waals surface area contributed by atoms with Crippen LogP contribution in [0.5, 0.6) is 0 Å². The highest BCUT2D eigenvalue weighted by Gasteiger charge is 2.17. The van der Waals surface area contributed by atoms with Gasteiger partial charge >= 0.3 is 0 Å². The summed E-state index contributed by atoms with van der Waals surface area (Å²) in [5.41, 5.74) is 0.787. The quantitative estimate of drug-likeness (QED) is 0.488. The normalized spacial score (nSPS) is 28.5. The van der Waals surface area contributed by atoms with Crippen LogP contribution in [-0.2, 0) is 4.79 Å². The monoisotopic (exact) mass is 112 g/mol. The van der Waals surface area contributed by atoms with Gasteiger partial charge in [0.05, 0.1) is 6.10 Å². The SMILES string of the molecule is CC1=CC(=O)C[C@H]1O. The van der Waals surface area contributed by atoms with Crippen LogP contribution in [-0.4, -0.2) is 17.0 Å². The van der Waals surface area contributed by atoms with Crippen molar-refractivity contribution in [2.75, 3.05) is 0 Å². The van der Waals surface area contributed by atoms with Crippen molar-refractivity contribution in [1.29, 1.82) is 0 Å². The lowest BCUT2D eigenvalue weighted by Crippen LogP contribution is -2.03. The van der Waals surface area contributed by atoms with Crippen molar-refractivity contribution >= 4 is 5.78 Å². The van der Waals surface area contributed by atoms with Gasteiger partial charge in [0.25, 0.3) is 0 Å². The molecule has 0 radical (unpaired) electrons. The lowest BCUT2D eigenvalue weighted by atomic mass is 10.2. The zero-order valence-electron chi connectivity index (χ0n) is 4.72. The van der Waals surface area contributed by atoms with Crippen LogP contribution >= 0.6 is 0 Å². The Balaban J connectivity index is 2.73. The van der Waals surface area contributed by atoms with Crippen LogP contribution in [0.25, 0.3) is 0 Å². The minimum Gasteiger partial charge on any atom is -0.388 e. The van der Waals surface area contributed by atoms with Crippen LogP contribution in [0.1, 0.15) is 13.3 Å². The standard InChI is InChI=1S/C6H8O2/c1-4-2-5(7)3-6(4)8/h2,6,8H,3H2,1H3/t6-/m1/s1. The van der Waals surface area contributed by atoms with Crippen LogP contribution in [0.2, 0.25) is 0 Å². The molecule has 0 bridgehead atoms. The maximum Gasteiger partial charge on any atom is 0.158 e. The summed E-state index contributed by atoms with van der Waals surface area (Å²) in [5.74, 6) is 0.0370. The second-order valence-electron chi connectivity index (χ2n) is 2.07. The minimum absolute atomic E-state index is 0.0370. The van der Waals surface area contributed by atoms with Gasteiger partial charge in [0.15, 0.2) is 5.78 Å². The Bertz CT molecular complexity index is 147. The van der Waals surface area contributed by atoms with E-state index in [1.807, 2.05) is 0 Å². The predicted octanol–water partition coefficient (Wildman–Crippen LogP) is 0.266. The van der Waals surface area contributed by atoms with Gasteiger partial charge in [0, 0.05) is 6.42 Å². The van der Waals surface area contributed by atoms with E-state index in [2.05, 4.69) is 0 Å². The van der Waals surface area contributed by atoms with E-state index in [1.54, 1.807) is 6.92 Å². The highest BCUT2D eigenvalue weighted by Crippen LogP contribution is 2.13. The van der Waals surface area contributed by atoms with Gasteiger partial charge in [-0.05, 0) is 18.6 Å². The van der Waals surface area contributed by atoms with Gasteiger partial charge in [-0.1, -0.05) is 0 Å². The van der Waals surface area contributed by atoms with Gasteiger partial charge in [0.1, 0.15) is 0 Å². The Labute approximate surface area is 47.8 Å². The summed E-state index contributed by atoms with van der Waals surface area (Å²) in [6.07, 6.45) is 1.28. The number of carbonyl (C=O) groups excluding carboxylic acids is 1.